The second-order valence-corrected chi connectivity index (χ2v) is 19.9. The van der Waals surface area contributed by atoms with Crippen LogP contribution in [0.1, 0.15) is 51.7 Å². The smallest absolute Gasteiger partial charge is 0.238 e. The lowest BCUT2D eigenvalue weighted by atomic mass is 9.63. The molecule has 5 nitrogen and oxygen atoms in total. The summed E-state index contributed by atoms with van der Waals surface area (Å²) in [4.78, 5) is 16.3. The molecule has 1 aliphatic rings. The number of nitrogens with zero attached hydrogens (tertiary/aromatic N) is 5. The van der Waals surface area contributed by atoms with E-state index in [1.54, 1.807) is 0 Å². The summed E-state index contributed by atoms with van der Waals surface area (Å²) in [6, 6.07) is 72.0. The predicted molar refractivity (Wildman–Crippen MR) is 283 cm³/mol. The molecule has 0 amide bonds. The summed E-state index contributed by atoms with van der Waals surface area (Å²) >= 11 is 0. The highest BCUT2D eigenvalue weighted by Crippen LogP contribution is 2.51. The first kappa shape index (κ1) is 40.2. The van der Waals surface area contributed by atoms with Crippen molar-refractivity contribution in [3.8, 4) is 56.7 Å². The van der Waals surface area contributed by atoms with Crippen molar-refractivity contribution in [2.45, 2.75) is 51.4 Å². The molecule has 0 saturated carbocycles. The number of hydrogen-bond acceptors (Lipinski definition) is 3. The van der Waals surface area contributed by atoms with Gasteiger partial charge in [-0.15, -0.1) is 0 Å². The number of benzene rings is 9. The van der Waals surface area contributed by atoms with E-state index in [4.69, 9.17) is 15.0 Å². The molecule has 12 aromatic rings. The van der Waals surface area contributed by atoms with Crippen molar-refractivity contribution in [2.75, 3.05) is 0 Å². The largest absolute Gasteiger partial charge is 0.309 e. The number of aromatic nitrogens is 5. The van der Waals surface area contributed by atoms with E-state index < -0.39 is 0 Å². The van der Waals surface area contributed by atoms with Crippen LogP contribution in [-0.2, 0) is 10.8 Å². The Kier molecular flexibility index (Phi) is 8.97. The molecule has 0 fully saturated rings. The van der Waals surface area contributed by atoms with Crippen molar-refractivity contribution in [2.24, 2.45) is 0 Å². The first-order valence-electron chi connectivity index (χ1n) is 23.8. The molecule has 0 N–H and O–H groups in total. The van der Waals surface area contributed by atoms with Crippen LogP contribution in [0.15, 0.2) is 200 Å². The maximum atomic E-state index is 5.56. The summed E-state index contributed by atoms with van der Waals surface area (Å²) in [5.41, 5.74) is 14.9. The summed E-state index contributed by atoms with van der Waals surface area (Å²) < 4.78 is 4.79. The lowest BCUT2D eigenvalue weighted by Gasteiger charge is -2.42. The van der Waals surface area contributed by atoms with Crippen LogP contribution in [-0.4, -0.2) is 24.1 Å². The average Bonchev–Trinajstić information content (AvgIpc) is 3.91. The van der Waals surface area contributed by atoms with Gasteiger partial charge in [0, 0.05) is 38.4 Å². The molecule has 1 aliphatic carbocycles. The van der Waals surface area contributed by atoms with Crippen LogP contribution in [0, 0.1) is 0 Å². The van der Waals surface area contributed by atoms with Crippen molar-refractivity contribution in [1.29, 1.82) is 0 Å². The molecule has 5 heteroatoms. The van der Waals surface area contributed by atoms with Gasteiger partial charge in [-0.05, 0) is 122 Å². The standard InChI is InChI=1S/C63H49N5/c1-62(2)35-36-63(3,4)51-39-55-49(38-50(51)62)57-52(67(55)45-26-15-8-16-27-45)33-34-54-58(57)56-46-28-18-17-23-42(46)30-32-53(56)68(54)61-65-59(43-24-13-7-14-25-43)64-60(66-61)47-31-29-44(40-19-9-5-10-20-40)37-48(47)41-21-11-6-12-22-41/h5-34,37-39H,35-36H2,1-4H3. The molecule has 3 heterocycles. The Bertz CT molecular complexity index is 3940. The first-order chi connectivity index (χ1) is 33.2. The van der Waals surface area contributed by atoms with E-state index in [-0.39, 0.29) is 10.8 Å². The fraction of sp³-hybridized carbons (Fsp3) is 0.127. The molecule has 13 rings (SSSR count). The van der Waals surface area contributed by atoms with Crippen molar-refractivity contribution in [3.05, 3.63) is 211 Å². The van der Waals surface area contributed by atoms with E-state index in [9.17, 15) is 0 Å². The molecule has 9 aromatic carbocycles. The van der Waals surface area contributed by atoms with E-state index in [1.165, 1.54) is 54.5 Å². The van der Waals surface area contributed by atoms with Crippen LogP contribution < -0.4 is 0 Å². The van der Waals surface area contributed by atoms with E-state index in [1.807, 2.05) is 6.07 Å². The third-order valence-corrected chi connectivity index (χ3v) is 14.8. The zero-order valence-corrected chi connectivity index (χ0v) is 38.7. The molecular formula is C63H49N5. The lowest BCUT2D eigenvalue weighted by Crippen LogP contribution is -2.33. The molecule has 326 valence electrons. The number of hydrogen-bond donors (Lipinski definition) is 0. The predicted octanol–water partition coefficient (Wildman–Crippen LogP) is 16.2. The van der Waals surface area contributed by atoms with Gasteiger partial charge in [0.25, 0.3) is 0 Å². The Morgan fingerprint density at radius 3 is 1.62 bits per heavy atom. The van der Waals surface area contributed by atoms with E-state index in [0.29, 0.717) is 17.6 Å². The SMILES string of the molecule is CC1(C)CCC(C)(C)c2cc3c(cc21)c1c2c4c5ccccc5ccc4n(-c4nc(-c5ccccc5)nc(-c5ccc(-c6ccccc6)cc5-c5ccccc5)n4)c2ccc1n3-c1ccccc1. The maximum Gasteiger partial charge on any atom is 0.238 e. The van der Waals surface area contributed by atoms with Crippen LogP contribution >= 0.6 is 0 Å². The molecular weight excluding hydrogens is 827 g/mol. The fourth-order valence-corrected chi connectivity index (χ4v) is 11.2. The number of rotatable bonds is 6. The fourth-order valence-electron chi connectivity index (χ4n) is 11.2. The van der Waals surface area contributed by atoms with Crippen molar-refractivity contribution >= 4 is 54.4 Å². The third kappa shape index (κ3) is 6.26. The second kappa shape index (κ2) is 15.2. The van der Waals surface area contributed by atoms with Gasteiger partial charge in [-0.2, -0.15) is 9.97 Å². The molecule has 0 spiro atoms. The van der Waals surface area contributed by atoms with E-state index >= 15 is 0 Å². The Hall–Kier alpha value is -8.15. The zero-order chi connectivity index (χ0) is 45.7. The molecule has 0 saturated heterocycles. The van der Waals surface area contributed by atoms with Crippen molar-refractivity contribution in [1.82, 2.24) is 24.1 Å². The molecule has 0 bridgehead atoms. The molecule has 68 heavy (non-hydrogen) atoms. The minimum Gasteiger partial charge on any atom is -0.309 e. The van der Waals surface area contributed by atoms with Gasteiger partial charge in [0.2, 0.25) is 5.95 Å². The molecule has 0 unspecified atom stereocenters. The lowest BCUT2D eigenvalue weighted by molar-refractivity contribution is 0.332. The number of para-hydroxylation sites is 1. The summed E-state index contributed by atoms with van der Waals surface area (Å²) in [7, 11) is 0. The van der Waals surface area contributed by atoms with Crippen LogP contribution in [0.5, 0.6) is 0 Å². The van der Waals surface area contributed by atoms with Gasteiger partial charge in [0.05, 0.1) is 22.1 Å². The summed E-state index contributed by atoms with van der Waals surface area (Å²) in [5, 5.41) is 7.27. The van der Waals surface area contributed by atoms with Crippen LogP contribution in [0.2, 0.25) is 0 Å². The van der Waals surface area contributed by atoms with Gasteiger partial charge in [0.15, 0.2) is 11.6 Å². The van der Waals surface area contributed by atoms with Gasteiger partial charge < -0.3 is 4.57 Å². The Labute approximate surface area is 396 Å². The van der Waals surface area contributed by atoms with Gasteiger partial charge in [-0.3, -0.25) is 4.57 Å². The summed E-state index contributed by atoms with van der Waals surface area (Å²) in [5.74, 6) is 1.80. The average molecular weight is 876 g/mol. The first-order valence-corrected chi connectivity index (χ1v) is 23.8. The van der Waals surface area contributed by atoms with Gasteiger partial charge >= 0.3 is 0 Å². The Morgan fingerprint density at radius 2 is 0.912 bits per heavy atom. The molecule has 0 radical (unpaired) electrons. The highest BCUT2D eigenvalue weighted by atomic mass is 15.2. The Balaban J connectivity index is 1.17. The summed E-state index contributed by atoms with van der Waals surface area (Å²) in [6.07, 6.45) is 2.29. The van der Waals surface area contributed by atoms with E-state index in [2.05, 4.69) is 231 Å². The van der Waals surface area contributed by atoms with Crippen LogP contribution in [0.4, 0.5) is 0 Å². The van der Waals surface area contributed by atoms with Crippen molar-refractivity contribution < 1.29 is 0 Å². The van der Waals surface area contributed by atoms with Crippen LogP contribution in [0.25, 0.3) is 111 Å². The minimum atomic E-state index is 0.0296. The number of fused-ring (bicyclic) bond motifs is 10. The van der Waals surface area contributed by atoms with Gasteiger partial charge in [-0.25, -0.2) is 4.98 Å². The molecule has 0 atom stereocenters. The third-order valence-electron chi connectivity index (χ3n) is 14.8. The topological polar surface area (TPSA) is 48.5 Å². The van der Waals surface area contributed by atoms with Gasteiger partial charge in [-0.1, -0.05) is 173 Å². The van der Waals surface area contributed by atoms with Gasteiger partial charge in [0.1, 0.15) is 0 Å². The minimum absolute atomic E-state index is 0.0296. The maximum absolute atomic E-state index is 5.56. The quantitative estimate of drug-likeness (QED) is 0.167. The second-order valence-electron chi connectivity index (χ2n) is 19.9. The monoisotopic (exact) mass is 875 g/mol. The van der Waals surface area contributed by atoms with E-state index in [0.717, 1.165) is 62.9 Å². The highest BCUT2D eigenvalue weighted by molar-refractivity contribution is 6.33. The molecule has 0 aliphatic heterocycles. The normalized spacial score (nSPS) is 14.3. The zero-order valence-electron chi connectivity index (χ0n) is 38.7. The Morgan fingerprint density at radius 1 is 0.368 bits per heavy atom. The van der Waals surface area contributed by atoms with Crippen molar-refractivity contribution in [3.63, 3.8) is 0 Å². The van der Waals surface area contributed by atoms with Crippen LogP contribution in [0.3, 0.4) is 0 Å². The highest BCUT2D eigenvalue weighted by Gasteiger charge is 2.38. The summed E-state index contributed by atoms with van der Waals surface area (Å²) in [6.45, 7) is 9.71. The molecule has 3 aromatic heterocycles.